The van der Waals surface area contributed by atoms with Crippen LogP contribution in [0.4, 0.5) is 0 Å². The lowest BCUT2D eigenvalue weighted by Gasteiger charge is -2.35. The van der Waals surface area contributed by atoms with Crippen molar-refractivity contribution in [2.24, 2.45) is 11.8 Å². The largest absolute Gasteiger partial charge is 0.460 e. The summed E-state index contributed by atoms with van der Waals surface area (Å²) in [5.74, 6) is 0.757. The van der Waals surface area contributed by atoms with Crippen LogP contribution >= 0.6 is 0 Å². The molecule has 0 N–H and O–H groups in total. The molecule has 2 atom stereocenters. The van der Waals surface area contributed by atoms with Crippen LogP contribution in [0.3, 0.4) is 0 Å². The van der Waals surface area contributed by atoms with Gasteiger partial charge >= 0.3 is 5.97 Å². The van der Waals surface area contributed by atoms with Crippen molar-refractivity contribution < 1.29 is 14.3 Å². The van der Waals surface area contributed by atoms with Crippen molar-refractivity contribution in [3.8, 4) is 0 Å². The van der Waals surface area contributed by atoms with Crippen LogP contribution in [0.5, 0.6) is 0 Å². The number of carbonyl (C=O) groups excluding carboxylic acids is 2. The van der Waals surface area contributed by atoms with E-state index in [1.807, 2.05) is 32.6 Å². The van der Waals surface area contributed by atoms with Crippen LogP contribution < -0.4 is 0 Å². The number of esters is 1. The summed E-state index contributed by atoms with van der Waals surface area (Å²) in [6.45, 7) is 11.3. The Kier molecular flexibility index (Phi) is 6.03. The van der Waals surface area contributed by atoms with Gasteiger partial charge in [0.2, 0.25) is 5.91 Å². The standard InChI is InChI=1S/C16H29NO3/c1-6-14(18)17-9-7-8-13(11-17)12(2)10-15(19)20-16(3,4)5/h12-13H,6-11H2,1-5H3/t12-,13?/m0/s1. The van der Waals surface area contributed by atoms with Crippen LogP contribution in [-0.4, -0.2) is 35.5 Å². The highest BCUT2D eigenvalue weighted by Gasteiger charge is 2.29. The van der Waals surface area contributed by atoms with Gasteiger partial charge in [-0.15, -0.1) is 0 Å². The minimum Gasteiger partial charge on any atom is -0.460 e. The lowest BCUT2D eigenvalue weighted by molar-refractivity contribution is -0.156. The fourth-order valence-corrected chi connectivity index (χ4v) is 2.74. The van der Waals surface area contributed by atoms with Gasteiger partial charge in [-0.1, -0.05) is 13.8 Å². The number of piperidine rings is 1. The van der Waals surface area contributed by atoms with Crippen LogP contribution in [0.2, 0.25) is 0 Å². The van der Waals surface area contributed by atoms with Gasteiger partial charge in [-0.05, 0) is 45.4 Å². The van der Waals surface area contributed by atoms with Gasteiger partial charge in [-0.25, -0.2) is 0 Å². The molecule has 0 saturated carbocycles. The van der Waals surface area contributed by atoms with Gasteiger partial charge in [0.15, 0.2) is 0 Å². The fraction of sp³-hybridized carbons (Fsp3) is 0.875. The number of amides is 1. The molecule has 1 fully saturated rings. The first kappa shape index (κ1) is 17.0. The summed E-state index contributed by atoms with van der Waals surface area (Å²) in [6, 6.07) is 0. The third kappa shape index (κ3) is 5.51. The van der Waals surface area contributed by atoms with Gasteiger partial charge in [-0.3, -0.25) is 9.59 Å². The smallest absolute Gasteiger partial charge is 0.306 e. The van der Waals surface area contributed by atoms with Crippen molar-refractivity contribution in [2.75, 3.05) is 13.1 Å². The Bertz CT molecular complexity index is 346. The normalized spacial score (nSPS) is 21.4. The molecule has 0 bridgehead atoms. The van der Waals surface area contributed by atoms with Crippen LogP contribution in [0.25, 0.3) is 0 Å². The summed E-state index contributed by atoms with van der Waals surface area (Å²) >= 11 is 0. The summed E-state index contributed by atoms with van der Waals surface area (Å²) in [5.41, 5.74) is -0.423. The maximum absolute atomic E-state index is 11.9. The number of rotatable bonds is 4. The summed E-state index contributed by atoms with van der Waals surface area (Å²) in [7, 11) is 0. The molecule has 116 valence electrons. The Labute approximate surface area is 122 Å². The Morgan fingerprint density at radius 1 is 1.35 bits per heavy atom. The summed E-state index contributed by atoms with van der Waals surface area (Å²) in [4.78, 5) is 25.6. The first-order valence-electron chi connectivity index (χ1n) is 7.72. The van der Waals surface area contributed by atoms with Crippen molar-refractivity contribution in [1.29, 1.82) is 0 Å². The van der Waals surface area contributed by atoms with E-state index in [1.165, 1.54) is 0 Å². The van der Waals surface area contributed by atoms with Gasteiger partial charge in [0.25, 0.3) is 0 Å². The molecule has 1 rings (SSSR count). The maximum atomic E-state index is 11.9. The molecule has 1 saturated heterocycles. The highest BCUT2D eigenvalue weighted by Crippen LogP contribution is 2.27. The predicted octanol–water partition coefficient (Wildman–Crippen LogP) is 3.00. The molecule has 4 nitrogen and oxygen atoms in total. The average Bonchev–Trinajstić information content (AvgIpc) is 2.35. The van der Waals surface area contributed by atoms with E-state index in [4.69, 9.17) is 4.74 Å². The second kappa shape index (κ2) is 7.09. The quantitative estimate of drug-likeness (QED) is 0.745. The summed E-state index contributed by atoms with van der Waals surface area (Å²) in [5, 5.41) is 0. The van der Waals surface area contributed by atoms with Crippen molar-refractivity contribution >= 4 is 11.9 Å². The minimum atomic E-state index is -0.423. The number of carbonyl (C=O) groups is 2. The number of hydrogen-bond acceptors (Lipinski definition) is 3. The van der Waals surface area contributed by atoms with E-state index < -0.39 is 5.60 Å². The first-order chi connectivity index (χ1) is 9.23. The SMILES string of the molecule is CCC(=O)N1CCCC([C@@H](C)CC(=O)OC(C)(C)C)C1. The summed E-state index contributed by atoms with van der Waals surface area (Å²) < 4.78 is 5.38. The molecular weight excluding hydrogens is 254 g/mol. The van der Waals surface area contributed by atoms with E-state index in [0.29, 0.717) is 18.8 Å². The molecule has 0 spiro atoms. The Balaban J connectivity index is 2.48. The van der Waals surface area contributed by atoms with E-state index in [1.54, 1.807) is 0 Å². The van der Waals surface area contributed by atoms with E-state index in [9.17, 15) is 9.59 Å². The third-order valence-electron chi connectivity index (χ3n) is 3.83. The molecule has 20 heavy (non-hydrogen) atoms. The van der Waals surface area contributed by atoms with Crippen molar-refractivity contribution in [1.82, 2.24) is 4.90 Å². The van der Waals surface area contributed by atoms with E-state index in [0.717, 1.165) is 25.9 Å². The fourth-order valence-electron chi connectivity index (χ4n) is 2.74. The first-order valence-corrected chi connectivity index (χ1v) is 7.72. The van der Waals surface area contributed by atoms with Crippen LogP contribution in [-0.2, 0) is 14.3 Å². The average molecular weight is 283 g/mol. The predicted molar refractivity (Wildman–Crippen MR) is 79.2 cm³/mol. The molecule has 0 aliphatic carbocycles. The topological polar surface area (TPSA) is 46.6 Å². The molecule has 1 heterocycles. The molecule has 1 unspecified atom stereocenters. The van der Waals surface area contributed by atoms with E-state index in [2.05, 4.69) is 6.92 Å². The molecular formula is C16H29NO3. The monoisotopic (exact) mass is 283 g/mol. The van der Waals surface area contributed by atoms with Gasteiger partial charge in [0, 0.05) is 25.9 Å². The number of likely N-dealkylation sites (tertiary alicyclic amines) is 1. The van der Waals surface area contributed by atoms with Crippen LogP contribution in [0.1, 0.15) is 60.3 Å². The van der Waals surface area contributed by atoms with E-state index >= 15 is 0 Å². The molecule has 1 aliphatic heterocycles. The molecule has 1 aliphatic rings. The second-order valence-electron chi connectivity index (χ2n) is 6.86. The zero-order chi connectivity index (χ0) is 15.3. The zero-order valence-corrected chi connectivity index (χ0v) is 13.6. The van der Waals surface area contributed by atoms with Gasteiger partial charge in [0.05, 0.1) is 0 Å². The Morgan fingerprint density at radius 2 is 2.00 bits per heavy atom. The maximum Gasteiger partial charge on any atom is 0.306 e. The van der Waals surface area contributed by atoms with Gasteiger partial charge < -0.3 is 9.64 Å². The van der Waals surface area contributed by atoms with E-state index in [-0.39, 0.29) is 17.8 Å². The molecule has 4 heteroatoms. The molecule has 0 aromatic heterocycles. The van der Waals surface area contributed by atoms with Crippen molar-refractivity contribution in [2.45, 2.75) is 65.9 Å². The summed E-state index contributed by atoms with van der Waals surface area (Å²) in [6.07, 6.45) is 3.13. The molecule has 0 radical (unpaired) electrons. The zero-order valence-electron chi connectivity index (χ0n) is 13.6. The Morgan fingerprint density at radius 3 is 2.55 bits per heavy atom. The Hall–Kier alpha value is -1.06. The lowest BCUT2D eigenvalue weighted by Crippen LogP contribution is -2.41. The van der Waals surface area contributed by atoms with Gasteiger partial charge in [0.1, 0.15) is 5.60 Å². The lowest BCUT2D eigenvalue weighted by atomic mass is 9.84. The second-order valence-corrected chi connectivity index (χ2v) is 6.86. The van der Waals surface area contributed by atoms with Gasteiger partial charge in [-0.2, -0.15) is 0 Å². The number of ether oxygens (including phenoxy) is 1. The third-order valence-corrected chi connectivity index (χ3v) is 3.83. The molecule has 0 aromatic rings. The highest BCUT2D eigenvalue weighted by molar-refractivity contribution is 5.76. The van der Waals surface area contributed by atoms with Crippen molar-refractivity contribution in [3.63, 3.8) is 0 Å². The van der Waals surface area contributed by atoms with Crippen LogP contribution in [0, 0.1) is 11.8 Å². The van der Waals surface area contributed by atoms with Crippen molar-refractivity contribution in [3.05, 3.63) is 0 Å². The minimum absolute atomic E-state index is 0.135. The molecule has 0 aromatic carbocycles. The molecule has 1 amide bonds. The van der Waals surface area contributed by atoms with Crippen LogP contribution in [0.15, 0.2) is 0 Å². The highest BCUT2D eigenvalue weighted by atomic mass is 16.6. The number of nitrogens with zero attached hydrogens (tertiary/aromatic N) is 1. The number of hydrogen-bond donors (Lipinski definition) is 0.